The van der Waals surface area contributed by atoms with Gasteiger partial charge in [-0.2, -0.15) is 0 Å². The molecule has 0 radical (unpaired) electrons. The van der Waals surface area contributed by atoms with Gasteiger partial charge in [-0.05, 0) is 24.7 Å². The van der Waals surface area contributed by atoms with E-state index in [9.17, 15) is 19.5 Å². The minimum Gasteiger partial charge on any atom is -0.480 e. The predicted octanol–water partition coefficient (Wildman–Crippen LogP) is 3.17. The van der Waals surface area contributed by atoms with Crippen LogP contribution in [0.1, 0.15) is 72.1 Å². The number of unbranched alkanes of at least 4 members (excludes halogenated alkanes) is 2. The van der Waals surface area contributed by atoms with Crippen LogP contribution in [-0.4, -0.2) is 28.8 Å². The van der Waals surface area contributed by atoms with E-state index in [1.165, 1.54) is 0 Å². The van der Waals surface area contributed by atoms with Crippen molar-refractivity contribution in [1.82, 2.24) is 5.32 Å². The summed E-state index contributed by atoms with van der Waals surface area (Å²) in [6, 6.07) is -0.844. The normalized spacial score (nSPS) is 23.5. The monoisotopic (exact) mass is 325 g/mol. The summed E-state index contributed by atoms with van der Waals surface area (Å²) >= 11 is 0. The van der Waals surface area contributed by atoms with Crippen molar-refractivity contribution in [1.29, 1.82) is 0 Å². The van der Waals surface area contributed by atoms with Crippen LogP contribution >= 0.6 is 0 Å². The summed E-state index contributed by atoms with van der Waals surface area (Å²) in [5.41, 5.74) is 0. The lowest BCUT2D eigenvalue weighted by atomic mass is 9.87. The standard InChI is InChI=1S/C18H31NO4/c1-4-6-7-8-14-13(9-10-15(14)20)11-16(21)19-17(18(22)23)12(3)5-2/h12-14,17H,4-11H2,1-3H3,(H,19,21)(H,22,23)/t12-,13-,14-,17+/m1/s1. The molecule has 0 aliphatic heterocycles. The van der Waals surface area contributed by atoms with E-state index < -0.39 is 12.0 Å². The lowest BCUT2D eigenvalue weighted by Gasteiger charge is -2.22. The molecule has 5 nitrogen and oxygen atoms in total. The maximum absolute atomic E-state index is 12.2. The molecule has 0 aromatic carbocycles. The van der Waals surface area contributed by atoms with Gasteiger partial charge in [0.1, 0.15) is 11.8 Å². The van der Waals surface area contributed by atoms with Crippen molar-refractivity contribution in [2.75, 3.05) is 0 Å². The Labute approximate surface area is 139 Å². The van der Waals surface area contributed by atoms with E-state index in [-0.39, 0.29) is 35.9 Å². The van der Waals surface area contributed by atoms with Crippen LogP contribution in [0.4, 0.5) is 0 Å². The van der Waals surface area contributed by atoms with E-state index in [0.29, 0.717) is 12.8 Å². The van der Waals surface area contributed by atoms with Crippen LogP contribution in [0, 0.1) is 17.8 Å². The molecule has 1 saturated carbocycles. The molecule has 0 saturated heterocycles. The number of amides is 1. The molecule has 0 heterocycles. The first-order chi connectivity index (χ1) is 10.9. The number of hydrogen-bond donors (Lipinski definition) is 2. The molecule has 5 heteroatoms. The molecule has 0 spiro atoms. The minimum absolute atomic E-state index is 0.0147. The van der Waals surface area contributed by atoms with Gasteiger partial charge in [0, 0.05) is 18.8 Å². The van der Waals surface area contributed by atoms with Crippen LogP contribution in [0.15, 0.2) is 0 Å². The third-order valence-electron chi connectivity index (χ3n) is 5.11. The largest absolute Gasteiger partial charge is 0.480 e. The molecule has 1 fully saturated rings. The molecule has 132 valence electrons. The highest BCUT2D eigenvalue weighted by Gasteiger charge is 2.36. The summed E-state index contributed by atoms with van der Waals surface area (Å²) in [4.78, 5) is 35.5. The molecule has 1 amide bonds. The first-order valence-corrected chi connectivity index (χ1v) is 8.95. The average molecular weight is 325 g/mol. The molecular weight excluding hydrogens is 294 g/mol. The third-order valence-corrected chi connectivity index (χ3v) is 5.11. The van der Waals surface area contributed by atoms with Crippen molar-refractivity contribution in [2.24, 2.45) is 17.8 Å². The van der Waals surface area contributed by atoms with Gasteiger partial charge in [-0.25, -0.2) is 4.79 Å². The van der Waals surface area contributed by atoms with Gasteiger partial charge in [-0.3, -0.25) is 9.59 Å². The number of Topliss-reactive ketones (excluding diaryl/α,β-unsaturated/α-hetero) is 1. The molecule has 0 unspecified atom stereocenters. The van der Waals surface area contributed by atoms with E-state index in [4.69, 9.17) is 0 Å². The van der Waals surface area contributed by atoms with Crippen molar-refractivity contribution in [3.05, 3.63) is 0 Å². The van der Waals surface area contributed by atoms with Gasteiger partial charge in [0.05, 0.1) is 0 Å². The molecule has 23 heavy (non-hydrogen) atoms. The quantitative estimate of drug-likeness (QED) is 0.604. The van der Waals surface area contributed by atoms with Crippen LogP contribution in [0.3, 0.4) is 0 Å². The van der Waals surface area contributed by atoms with Crippen molar-refractivity contribution in [2.45, 2.75) is 78.2 Å². The molecule has 4 atom stereocenters. The Balaban J connectivity index is 2.57. The zero-order valence-corrected chi connectivity index (χ0v) is 14.6. The topological polar surface area (TPSA) is 83.5 Å². The van der Waals surface area contributed by atoms with Crippen LogP contribution in [0.25, 0.3) is 0 Å². The Morgan fingerprint density at radius 3 is 2.57 bits per heavy atom. The Morgan fingerprint density at radius 1 is 1.30 bits per heavy atom. The van der Waals surface area contributed by atoms with Crippen LogP contribution in [-0.2, 0) is 14.4 Å². The number of carboxylic acid groups (broad SMARTS) is 1. The molecular formula is C18H31NO4. The summed E-state index contributed by atoms with van der Waals surface area (Å²) < 4.78 is 0. The number of rotatable bonds is 10. The van der Waals surface area contributed by atoms with Gasteiger partial charge in [-0.15, -0.1) is 0 Å². The Morgan fingerprint density at radius 2 is 2.00 bits per heavy atom. The summed E-state index contributed by atoms with van der Waals surface area (Å²) in [6.07, 6.45) is 6.38. The first-order valence-electron chi connectivity index (χ1n) is 8.95. The Kier molecular flexibility index (Phi) is 8.28. The van der Waals surface area contributed by atoms with Gasteiger partial charge < -0.3 is 10.4 Å². The molecule has 1 rings (SSSR count). The number of ketones is 1. The van der Waals surface area contributed by atoms with Crippen molar-refractivity contribution < 1.29 is 19.5 Å². The van der Waals surface area contributed by atoms with E-state index in [1.807, 2.05) is 13.8 Å². The van der Waals surface area contributed by atoms with Crippen LogP contribution in [0.2, 0.25) is 0 Å². The van der Waals surface area contributed by atoms with E-state index in [1.54, 1.807) is 0 Å². The summed E-state index contributed by atoms with van der Waals surface area (Å²) in [7, 11) is 0. The lowest BCUT2D eigenvalue weighted by molar-refractivity contribution is -0.143. The van der Waals surface area contributed by atoms with Crippen molar-refractivity contribution in [3.63, 3.8) is 0 Å². The fourth-order valence-corrected chi connectivity index (χ4v) is 3.39. The smallest absolute Gasteiger partial charge is 0.326 e. The second kappa shape index (κ2) is 9.68. The molecule has 1 aliphatic rings. The Hall–Kier alpha value is -1.39. The van der Waals surface area contributed by atoms with E-state index in [0.717, 1.165) is 32.1 Å². The predicted molar refractivity (Wildman–Crippen MR) is 89.0 cm³/mol. The summed E-state index contributed by atoms with van der Waals surface area (Å²) in [6.45, 7) is 5.86. The third kappa shape index (κ3) is 5.96. The van der Waals surface area contributed by atoms with Crippen molar-refractivity contribution >= 4 is 17.7 Å². The number of carbonyl (C=O) groups is 3. The van der Waals surface area contributed by atoms with Crippen LogP contribution < -0.4 is 5.32 Å². The first kappa shape index (κ1) is 19.7. The fraction of sp³-hybridized carbons (Fsp3) is 0.833. The van der Waals surface area contributed by atoms with Gasteiger partial charge in [-0.1, -0.05) is 46.5 Å². The number of aliphatic carboxylic acids is 1. The van der Waals surface area contributed by atoms with Gasteiger partial charge in [0.15, 0.2) is 0 Å². The van der Waals surface area contributed by atoms with Gasteiger partial charge in [0.2, 0.25) is 5.91 Å². The maximum Gasteiger partial charge on any atom is 0.326 e. The SMILES string of the molecule is CCCCC[C@H]1C(=O)CC[C@@H]1CC(=O)N[C@H](C(=O)O)[C@H](C)CC. The molecule has 0 aromatic heterocycles. The highest BCUT2D eigenvalue weighted by atomic mass is 16.4. The Bertz CT molecular complexity index is 421. The van der Waals surface area contributed by atoms with E-state index >= 15 is 0 Å². The number of carboxylic acids is 1. The molecule has 0 bridgehead atoms. The van der Waals surface area contributed by atoms with Gasteiger partial charge >= 0.3 is 5.97 Å². The van der Waals surface area contributed by atoms with Crippen molar-refractivity contribution in [3.8, 4) is 0 Å². The highest BCUT2D eigenvalue weighted by molar-refractivity contribution is 5.87. The lowest BCUT2D eigenvalue weighted by Crippen LogP contribution is -2.45. The minimum atomic E-state index is -0.991. The zero-order chi connectivity index (χ0) is 17.4. The van der Waals surface area contributed by atoms with Gasteiger partial charge in [0.25, 0.3) is 0 Å². The molecule has 1 aliphatic carbocycles. The number of nitrogens with one attached hydrogen (secondary N) is 1. The maximum atomic E-state index is 12.2. The fourth-order valence-electron chi connectivity index (χ4n) is 3.39. The number of hydrogen-bond acceptors (Lipinski definition) is 3. The van der Waals surface area contributed by atoms with Crippen LogP contribution in [0.5, 0.6) is 0 Å². The second-order valence-corrected chi connectivity index (χ2v) is 6.84. The summed E-state index contributed by atoms with van der Waals surface area (Å²) in [5, 5.41) is 11.9. The molecule has 0 aromatic rings. The average Bonchev–Trinajstić information content (AvgIpc) is 2.84. The van der Waals surface area contributed by atoms with E-state index in [2.05, 4.69) is 12.2 Å². The zero-order valence-electron chi connectivity index (χ0n) is 14.6. The second-order valence-electron chi connectivity index (χ2n) is 6.84. The highest BCUT2D eigenvalue weighted by Crippen LogP contribution is 2.35. The number of carbonyl (C=O) groups excluding carboxylic acids is 2. The summed E-state index contributed by atoms with van der Waals surface area (Å²) in [5.74, 6) is -1.00. The molecule has 2 N–H and O–H groups in total.